The smallest absolute Gasteiger partial charge is 0.316 e. The molecule has 0 saturated heterocycles. The Bertz CT molecular complexity index is 1190. The zero-order valence-electron chi connectivity index (χ0n) is 21.1. The number of nitrogens with two attached hydrogens (primary N) is 1. The Morgan fingerprint density at radius 2 is 1.75 bits per heavy atom. The molecule has 0 bridgehead atoms. The van der Waals surface area contributed by atoms with Crippen LogP contribution in [0, 0.1) is 0 Å². The van der Waals surface area contributed by atoms with Gasteiger partial charge in [0.25, 0.3) is 0 Å². The Morgan fingerprint density at radius 1 is 1.08 bits per heavy atom. The number of carbonyl (C=O) groups is 2. The summed E-state index contributed by atoms with van der Waals surface area (Å²) in [5, 5.41) is 8.95. The van der Waals surface area contributed by atoms with Gasteiger partial charge in [-0.15, -0.1) is 10.2 Å². The van der Waals surface area contributed by atoms with Crippen LogP contribution in [0.5, 0.6) is 0 Å². The van der Waals surface area contributed by atoms with Crippen molar-refractivity contribution in [2.45, 2.75) is 63.1 Å². The van der Waals surface area contributed by atoms with E-state index in [-0.39, 0.29) is 24.1 Å². The number of ether oxygens (including phenoxy) is 2. The molecule has 0 fully saturated rings. The largest absolute Gasteiger partial charge is 0.468 e. The van der Waals surface area contributed by atoms with Crippen molar-refractivity contribution in [2.24, 2.45) is 5.73 Å². The normalized spacial score (nSPS) is 18.3. The Labute approximate surface area is 211 Å². The van der Waals surface area contributed by atoms with Gasteiger partial charge in [0.05, 0.1) is 25.9 Å². The molecule has 1 aliphatic rings. The molecule has 0 radical (unpaired) electrons. The maximum atomic E-state index is 13.0. The van der Waals surface area contributed by atoms with Crippen molar-refractivity contribution in [1.82, 2.24) is 14.8 Å². The Morgan fingerprint density at radius 3 is 2.39 bits per heavy atom. The molecule has 0 spiro atoms. The average molecular weight is 491 g/mol. The van der Waals surface area contributed by atoms with E-state index >= 15 is 0 Å². The third-order valence-corrected chi connectivity index (χ3v) is 6.93. The topological polar surface area (TPSA) is 109 Å². The second kappa shape index (κ2) is 10.7. The summed E-state index contributed by atoms with van der Waals surface area (Å²) in [5.74, 6) is 0.706. The van der Waals surface area contributed by atoms with Crippen LogP contribution in [0.25, 0.3) is 0 Å². The van der Waals surface area contributed by atoms with Crippen LogP contribution in [-0.4, -0.2) is 45.8 Å². The first-order valence-electron chi connectivity index (χ1n) is 12.2. The molecule has 2 heterocycles. The van der Waals surface area contributed by atoms with Gasteiger partial charge < -0.3 is 19.8 Å². The molecule has 4 rings (SSSR count). The summed E-state index contributed by atoms with van der Waals surface area (Å²) in [4.78, 5) is 25.9. The van der Waals surface area contributed by atoms with Crippen LogP contribution in [0.15, 0.2) is 60.7 Å². The van der Waals surface area contributed by atoms with Gasteiger partial charge in [-0.25, -0.2) is 0 Å². The highest BCUT2D eigenvalue weighted by atomic mass is 16.5. The van der Waals surface area contributed by atoms with Crippen molar-refractivity contribution >= 4 is 11.8 Å². The lowest BCUT2D eigenvalue weighted by Crippen LogP contribution is -2.44. The predicted octanol–water partition coefficient (Wildman–Crippen LogP) is 3.33. The van der Waals surface area contributed by atoms with Crippen molar-refractivity contribution in [3.8, 4) is 0 Å². The van der Waals surface area contributed by atoms with Crippen LogP contribution in [-0.2, 0) is 44.1 Å². The van der Waals surface area contributed by atoms with Gasteiger partial charge in [0.1, 0.15) is 17.1 Å². The summed E-state index contributed by atoms with van der Waals surface area (Å²) in [6.45, 7) is 4.67. The number of ketones is 1. The van der Waals surface area contributed by atoms with E-state index in [2.05, 4.69) is 10.2 Å². The highest BCUT2D eigenvalue weighted by Gasteiger charge is 2.46. The number of esters is 1. The number of hydrogen-bond donors (Lipinski definition) is 1. The van der Waals surface area contributed by atoms with Crippen molar-refractivity contribution in [3.05, 3.63) is 83.4 Å². The summed E-state index contributed by atoms with van der Waals surface area (Å²) in [7, 11) is 1.41. The first-order chi connectivity index (χ1) is 17.2. The van der Waals surface area contributed by atoms with E-state index in [0.717, 1.165) is 11.1 Å². The molecule has 2 atom stereocenters. The Balaban J connectivity index is 1.60. The van der Waals surface area contributed by atoms with Crippen LogP contribution >= 0.6 is 0 Å². The maximum absolute atomic E-state index is 13.0. The molecule has 36 heavy (non-hydrogen) atoms. The summed E-state index contributed by atoms with van der Waals surface area (Å²) < 4.78 is 13.3. The number of fused-ring (bicyclic) bond motifs is 1. The molecule has 0 aliphatic carbocycles. The van der Waals surface area contributed by atoms with Crippen LogP contribution < -0.4 is 5.73 Å². The lowest BCUT2D eigenvalue weighted by molar-refractivity contribution is -0.148. The molecule has 1 aromatic heterocycles. The maximum Gasteiger partial charge on any atom is 0.316 e. The molecule has 2 N–H and O–H groups in total. The molecular weight excluding hydrogens is 456 g/mol. The van der Waals surface area contributed by atoms with Gasteiger partial charge in [0.15, 0.2) is 5.78 Å². The first kappa shape index (κ1) is 25.7. The van der Waals surface area contributed by atoms with Crippen molar-refractivity contribution in [2.75, 3.05) is 13.7 Å². The van der Waals surface area contributed by atoms with Gasteiger partial charge in [-0.05, 0) is 31.4 Å². The quantitative estimate of drug-likeness (QED) is 0.434. The number of methoxy groups -OCH3 is 1. The SMILES string of the molecule is COC(=O)C1(c2ccccc2)CCn2c(nnc2[C@@H](COCc2ccccc2)CC(=O)C(C)(C)N)C1. The molecular formula is C28H34N4O4. The van der Waals surface area contributed by atoms with Crippen molar-refractivity contribution in [1.29, 1.82) is 0 Å². The van der Waals surface area contributed by atoms with Crippen LogP contribution in [0.1, 0.15) is 55.4 Å². The number of aromatic nitrogens is 3. The van der Waals surface area contributed by atoms with Crippen LogP contribution in [0.2, 0.25) is 0 Å². The lowest BCUT2D eigenvalue weighted by Gasteiger charge is -2.35. The molecule has 190 valence electrons. The van der Waals surface area contributed by atoms with E-state index in [1.807, 2.05) is 65.2 Å². The fraction of sp³-hybridized carbons (Fsp3) is 0.429. The highest BCUT2D eigenvalue weighted by Crippen LogP contribution is 2.38. The van der Waals surface area contributed by atoms with Gasteiger partial charge in [0.2, 0.25) is 0 Å². The van der Waals surface area contributed by atoms with Gasteiger partial charge >= 0.3 is 5.97 Å². The van der Waals surface area contributed by atoms with Crippen LogP contribution in [0.4, 0.5) is 0 Å². The molecule has 1 aliphatic heterocycles. The third-order valence-electron chi connectivity index (χ3n) is 6.93. The Hall–Kier alpha value is -3.36. The number of hydrogen-bond acceptors (Lipinski definition) is 7. The van der Waals surface area contributed by atoms with E-state index in [1.54, 1.807) is 13.8 Å². The minimum absolute atomic E-state index is 0.0721. The van der Waals surface area contributed by atoms with Crippen LogP contribution in [0.3, 0.4) is 0 Å². The fourth-order valence-electron chi connectivity index (χ4n) is 4.78. The van der Waals surface area contributed by atoms with Gasteiger partial charge in [-0.2, -0.15) is 0 Å². The number of Topliss-reactive ketones (excluding diaryl/α,β-unsaturated/α-hetero) is 1. The van der Waals surface area contributed by atoms with Crippen molar-refractivity contribution in [3.63, 3.8) is 0 Å². The number of carbonyl (C=O) groups excluding carboxylic acids is 2. The van der Waals surface area contributed by atoms with Gasteiger partial charge in [0, 0.05) is 25.3 Å². The van der Waals surface area contributed by atoms with Crippen molar-refractivity contribution < 1.29 is 19.1 Å². The number of benzene rings is 2. The summed E-state index contributed by atoms with van der Waals surface area (Å²) >= 11 is 0. The molecule has 8 nitrogen and oxygen atoms in total. The molecule has 8 heteroatoms. The second-order valence-corrected chi connectivity index (χ2v) is 10.0. The minimum Gasteiger partial charge on any atom is -0.468 e. The zero-order chi connectivity index (χ0) is 25.8. The standard InChI is InChI=1S/C28H34N4O4/c1-27(2,29)23(33)16-21(19-36-18-20-10-6-4-7-11-20)25-31-30-24-17-28(26(34)35-3,14-15-32(24)25)22-12-8-5-9-13-22/h4-13,21H,14-19,29H2,1-3H3/t21-,28?/m1/s1. The van der Waals surface area contributed by atoms with E-state index in [9.17, 15) is 9.59 Å². The average Bonchev–Trinajstić information content (AvgIpc) is 3.31. The molecule has 0 saturated carbocycles. The number of nitrogens with zero attached hydrogens (tertiary/aromatic N) is 3. The fourth-order valence-corrected chi connectivity index (χ4v) is 4.78. The van der Waals surface area contributed by atoms with E-state index in [1.165, 1.54) is 7.11 Å². The summed E-state index contributed by atoms with van der Waals surface area (Å²) in [6, 6.07) is 19.6. The minimum atomic E-state index is -0.963. The van der Waals surface area contributed by atoms with E-state index in [0.29, 0.717) is 44.2 Å². The first-order valence-corrected chi connectivity index (χ1v) is 12.2. The molecule has 3 aromatic rings. The van der Waals surface area contributed by atoms with Gasteiger partial charge in [-0.3, -0.25) is 9.59 Å². The lowest BCUT2D eigenvalue weighted by atomic mass is 9.73. The number of rotatable bonds is 10. The Kier molecular flexibility index (Phi) is 7.66. The van der Waals surface area contributed by atoms with E-state index < -0.39 is 11.0 Å². The monoisotopic (exact) mass is 490 g/mol. The molecule has 2 aromatic carbocycles. The molecule has 0 amide bonds. The van der Waals surface area contributed by atoms with Gasteiger partial charge in [-0.1, -0.05) is 60.7 Å². The zero-order valence-corrected chi connectivity index (χ0v) is 21.1. The second-order valence-electron chi connectivity index (χ2n) is 10.0. The predicted molar refractivity (Wildman–Crippen MR) is 135 cm³/mol. The molecule has 1 unspecified atom stereocenters. The van der Waals surface area contributed by atoms with E-state index in [4.69, 9.17) is 15.2 Å². The summed E-state index contributed by atoms with van der Waals surface area (Å²) in [5.41, 5.74) is 6.26. The highest BCUT2D eigenvalue weighted by molar-refractivity contribution is 5.87. The third kappa shape index (κ3) is 5.39. The summed E-state index contributed by atoms with van der Waals surface area (Å²) in [6.07, 6.45) is 1.09.